The lowest BCUT2D eigenvalue weighted by Gasteiger charge is -2.41. The molecule has 1 aromatic heterocycles. The van der Waals surface area contributed by atoms with Crippen LogP contribution < -0.4 is 30.6 Å². The van der Waals surface area contributed by atoms with Crippen molar-refractivity contribution in [2.75, 3.05) is 124 Å². The second-order valence-electron chi connectivity index (χ2n) is 23.4. The molecule has 0 bridgehead atoms. The summed E-state index contributed by atoms with van der Waals surface area (Å²) in [6.07, 6.45) is 11.0. The van der Waals surface area contributed by atoms with Gasteiger partial charge in [0, 0.05) is 80.4 Å². The summed E-state index contributed by atoms with van der Waals surface area (Å²) in [6.45, 7) is 20.2. The maximum Gasteiger partial charge on any atom is 0.251 e. The molecule has 3 aromatic carbocycles. The summed E-state index contributed by atoms with van der Waals surface area (Å²) < 4.78 is 40.5. The van der Waals surface area contributed by atoms with Gasteiger partial charge in [-0.1, -0.05) is 43.5 Å². The molecule has 3 N–H and O–H groups in total. The number of piperidine rings is 1. The zero-order valence-electron chi connectivity index (χ0n) is 51.2. The van der Waals surface area contributed by atoms with Gasteiger partial charge in [-0.15, -0.1) is 0 Å². The molecule has 4 aromatic rings. The van der Waals surface area contributed by atoms with Crippen molar-refractivity contribution in [2.24, 2.45) is 11.8 Å². The van der Waals surface area contributed by atoms with E-state index in [9.17, 15) is 19.2 Å². The molecule has 2 amide bonds. The Morgan fingerprint density at radius 3 is 1.94 bits per heavy atom. The average Bonchev–Trinajstić information content (AvgIpc) is 2.87. The predicted octanol–water partition coefficient (Wildman–Crippen LogP) is 8.45. The molecular formula is C67H96N6O11. The number of nitrogens with zero attached hydrogens (tertiary/aromatic N) is 3. The second kappa shape index (κ2) is 33.3. The third-order valence-electron chi connectivity index (χ3n) is 17.7. The SMILES string of the molecule is CCN(c1cc(-c2ccc(OCCOCCOCCOCCOCCOc3ccc(CCN4CC[C@H]5CCN(C(=O)[C@@H](NC(=O)[C@H](C)NC)C6CCCCC6)[C@H]5C4)cc3)cc2)cc(C(=O)CCc2c(C)cc(C)[nH]c2=O)c1C)C1CCOCC1. The van der Waals surface area contributed by atoms with Crippen LogP contribution in [-0.4, -0.2) is 176 Å². The minimum absolute atomic E-state index is 0.0207. The standard InChI is InChI=1S/C67H96N6O11/c1-7-72(56-26-31-78-32-27-56)61-45-55(44-60(49(61)4)63(74)22-21-59-47(2)43-48(3)69-66(59)76)52-15-19-58(20-16-52)84-42-40-82-38-36-80-34-33-79-35-37-81-39-41-83-57-17-13-51(14-18-57)23-28-71-29-24-53-25-30-73(62(53)46-71)67(77)64(54-11-9-8-10-12-54)70-65(75)50(5)68-6/h13-20,43-45,50,53-54,56,62,64,68H,7-12,21-42,46H2,1-6H3,(H,69,76)(H,70,75)/t50-,53-,62-,64-/m0/s1. The van der Waals surface area contributed by atoms with E-state index in [1.54, 1.807) is 7.05 Å². The number of fused-ring (bicyclic) bond motifs is 1. The number of amides is 2. The van der Waals surface area contributed by atoms with Crippen LogP contribution in [-0.2, 0) is 46.1 Å². The molecule has 4 aliphatic rings. The maximum atomic E-state index is 14.3. The summed E-state index contributed by atoms with van der Waals surface area (Å²) in [7, 11) is 1.78. The Morgan fingerprint density at radius 1 is 0.726 bits per heavy atom. The maximum absolute atomic E-state index is 14.3. The van der Waals surface area contributed by atoms with E-state index in [2.05, 4.69) is 55.4 Å². The van der Waals surface area contributed by atoms with Gasteiger partial charge in [-0.05, 0) is 182 Å². The fraction of sp³-hybridized carbons (Fsp3) is 0.612. The molecule has 4 atom stereocenters. The summed E-state index contributed by atoms with van der Waals surface area (Å²) in [5.74, 6) is 2.32. The van der Waals surface area contributed by atoms with E-state index in [0.717, 1.165) is 149 Å². The number of aryl methyl sites for hydroxylation is 2. The molecular weight excluding hydrogens is 1060 g/mol. The monoisotopic (exact) mass is 1160 g/mol. The third-order valence-corrected chi connectivity index (χ3v) is 17.7. The molecule has 17 nitrogen and oxygen atoms in total. The van der Waals surface area contributed by atoms with Gasteiger partial charge in [-0.3, -0.25) is 19.2 Å². The number of carbonyl (C=O) groups excluding carboxylic acids is 3. The molecule has 3 aliphatic heterocycles. The van der Waals surface area contributed by atoms with Gasteiger partial charge in [-0.25, -0.2) is 0 Å². The highest BCUT2D eigenvalue weighted by molar-refractivity contribution is 6.00. The van der Waals surface area contributed by atoms with Crippen molar-refractivity contribution in [2.45, 2.75) is 136 Å². The number of hydrogen-bond donors (Lipinski definition) is 3. The number of aromatic amines is 1. The molecule has 0 spiro atoms. The Balaban J connectivity index is 0.661. The lowest BCUT2D eigenvalue weighted by atomic mass is 9.83. The number of anilines is 1. The first kappa shape index (κ1) is 64.3. The highest BCUT2D eigenvalue weighted by Gasteiger charge is 2.44. The largest absolute Gasteiger partial charge is 0.491 e. The van der Waals surface area contributed by atoms with E-state index in [4.69, 9.17) is 33.2 Å². The number of likely N-dealkylation sites (tertiary alicyclic amines) is 2. The zero-order chi connectivity index (χ0) is 59.2. The van der Waals surface area contributed by atoms with Crippen LogP contribution in [0.25, 0.3) is 11.1 Å². The van der Waals surface area contributed by atoms with Crippen molar-refractivity contribution in [3.8, 4) is 22.6 Å². The van der Waals surface area contributed by atoms with Crippen molar-refractivity contribution in [1.82, 2.24) is 25.4 Å². The highest BCUT2D eigenvalue weighted by Crippen LogP contribution is 2.37. The number of carbonyl (C=O) groups is 3. The van der Waals surface area contributed by atoms with Gasteiger partial charge >= 0.3 is 0 Å². The number of ketones is 1. The van der Waals surface area contributed by atoms with Crippen LogP contribution in [0, 0.1) is 32.6 Å². The number of hydrogen-bond acceptors (Lipinski definition) is 14. The first-order valence-electron chi connectivity index (χ1n) is 31.4. The van der Waals surface area contributed by atoms with Crippen molar-refractivity contribution >= 4 is 23.3 Å². The number of benzene rings is 3. The molecule has 8 rings (SSSR count). The average molecular weight is 1160 g/mol. The fourth-order valence-corrected chi connectivity index (χ4v) is 12.7. The van der Waals surface area contributed by atoms with Crippen molar-refractivity contribution in [1.29, 1.82) is 0 Å². The summed E-state index contributed by atoms with van der Waals surface area (Å²) in [6, 6.07) is 22.2. The smallest absolute Gasteiger partial charge is 0.251 e. The van der Waals surface area contributed by atoms with Gasteiger partial charge < -0.3 is 63.5 Å². The Bertz CT molecular complexity index is 2740. The summed E-state index contributed by atoms with van der Waals surface area (Å²) in [5, 5.41) is 6.22. The number of H-pyrrole nitrogens is 1. The molecule has 460 valence electrons. The van der Waals surface area contributed by atoms with Crippen molar-refractivity contribution < 1.29 is 47.5 Å². The lowest BCUT2D eigenvalue weighted by Crippen LogP contribution is -2.58. The summed E-state index contributed by atoms with van der Waals surface area (Å²) in [4.78, 5) is 64.1. The molecule has 17 heteroatoms. The number of ether oxygens (including phenoxy) is 7. The van der Waals surface area contributed by atoms with Gasteiger partial charge in [0.25, 0.3) is 5.56 Å². The van der Waals surface area contributed by atoms with Gasteiger partial charge in [0.1, 0.15) is 30.8 Å². The normalized spacial score (nSPS) is 18.5. The third kappa shape index (κ3) is 18.4. The Kier molecular flexibility index (Phi) is 25.5. The number of rotatable bonds is 33. The molecule has 4 heterocycles. The quantitative estimate of drug-likeness (QED) is 0.0305. The van der Waals surface area contributed by atoms with Crippen LogP contribution in [0.3, 0.4) is 0 Å². The highest BCUT2D eigenvalue weighted by atomic mass is 16.6. The van der Waals surface area contributed by atoms with Crippen molar-refractivity contribution in [3.63, 3.8) is 0 Å². The van der Waals surface area contributed by atoms with E-state index in [-0.39, 0.29) is 47.6 Å². The van der Waals surface area contributed by atoms with E-state index in [0.29, 0.717) is 95.6 Å². The summed E-state index contributed by atoms with van der Waals surface area (Å²) >= 11 is 0. The van der Waals surface area contributed by atoms with E-state index in [1.165, 1.54) is 12.0 Å². The van der Waals surface area contributed by atoms with Crippen LogP contribution >= 0.6 is 0 Å². The minimum Gasteiger partial charge on any atom is -0.491 e. The van der Waals surface area contributed by atoms with Crippen molar-refractivity contribution in [3.05, 3.63) is 111 Å². The van der Waals surface area contributed by atoms with Crippen LogP contribution in [0.1, 0.15) is 116 Å². The van der Waals surface area contributed by atoms with Gasteiger partial charge in [-0.2, -0.15) is 0 Å². The zero-order valence-corrected chi connectivity index (χ0v) is 51.2. The lowest BCUT2D eigenvalue weighted by molar-refractivity contribution is -0.140. The Hall–Kier alpha value is -5.66. The molecule has 3 saturated heterocycles. The molecule has 0 radical (unpaired) electrons. The van der Waals surface area contributed by atoms with Crippen LogP contribution in [0.2, 0.25) is 0 Å². The Labute approximate surface area is 499 Å². The molecule has 84 heavy (non-hydrogen) atoms. The van der Waals surface area contributed by atoms with E-state index < -0.39 is 6.04 Å². The molecule has 1 aliphatic carbocycles. The van der Waals surface area contributed by atoms with E-state index >= 15 is 0 Å². The van der Waals surface area contributed by atoms with Gasteiger partial charge in [0.2, 0.25) is 11.8 Å². The fourth-order valence-electron chi connectivity index (χ4n) is 12.7. The first-order chi connectivity index (χ1) is 40.9. The number of likely N-dealkylation sites (N-methyl/N-ethyl adjacent to an activating group) is 1. The Morgan fingerprint density at radius 2 is 1.33 bits per heavy atom. The number of pyridine rings is 1. The molecule has 0 unspecified atom stereocenters. The topological polar surface area (TPSA) is 182 Å². The predicted molar refractivity (Wildman–Crippen MR) is 329 cm³/mol. The van der Waals surface area contributed by atoms with Crippen LogP contribution in [0.5, 0.6) is 11.5 Å². The second-order valence-corrected chi connectivity index (χ2v) is 23.4. The first-order valence-corrected chi connectivity index (χ1v) is 31.4. The minimum atomic E-state index is -0.443. The molecule has 1 saturated carbocycles. The van der Waals surface area contributed by atoms with Crippen LogP contribution in [0.15, 0.2) is 71.5 Å². The van der Waals surface area contributed by atoms with Crippen LogP contribution in [0.4, 0.5) is 5.69 Å². The summed E-state index contributed by atoms with van der Waals surface area (Å²) in [5.41, 5.74) is 8.14. The number of Topliss-reactive ketones (excluding diaryl/α,β-unsaturated/α-hetero) is 1. The molecule has 4 fully saturated rings. The number of aromatic nitrogens is 1. The number of nitrogens with one attached hydrogen (secondary N) is 3. The van der Waals surface area contributed by atoms with E-state index in [1.807, 2.05) is 76.2 Å². The van der Waals surface area contributed by atoms with Gasteiger partial charge in [0.05, 0.1) is 58.9 Å². The van der Waals surface area contributed by atoms with Gasteiger partial charge in [0.15, 0.2) is 5.78 Å².